The predicted octanol–water partition coefficient (Wildman–Crippen LogP) is 2.76. The van der Waals surface area contributed by atoms with Crippen LogP contribution in [0, 0.1) is 0 Å². The molecular formula is C14H30O7S2. The van der Waals surface area contributed by atoms with Gasteiger partial charge in [0, 0.05) is 0 Å². The Morgan fingerprint density at radius 1 is 0.609 bits per heavy atom. The molecular weight excluding hydrogens is 344 g/mol. The van der Waals surface area contributed by atoms with Gasteiger partial charge in [-0.2, -0.15) is 16.8 Å². The smallest absolute Gasteiger partial charge is 0.291 e. The highest BCUT2D eigenvalue weighted by molar-refractivity contribution is 7.86. The highest BCUT2D eigenvalue weighted by Crippen LogP contribution is 2.13. The molecule has 140 valence electrons. The minimum absolute atomic E-state index is 0.0718. The molecule has 0 spiro atoms. The third kappa shape index (κ3) is 16.4. The van der Waals surface area contributed by atoms with E-state index < -0.39 is 25.7 Å². The largest absolute Gasteiger partial charge is 0.375 e. The fraction of sp³-hybridized carbons (Fsp3) is 1.00. The van der Waals surface area contributed by atoms with E-state index in [2.05, 4.69) is 0 Å². The molecule has 1 atom stereocenters. The molecule has 0 amide bonds. The van der Waals surface area contributed by atoms with E-state index in [0.717, 1.165) is 57.8 Å². The summed E-state index contributed by atoms with van der Waals surface area (Å²) in [5.74, 6) is -0.153. The number of hydrogen-bond acceptors (Lipinski definition) is 5. The number of aliphatic hydroxyl groups is 1. The average molecular weight is 375 g/mol. The minimum atomic E-state index is -4.32. The number of rotatable bonds is 15. The molecule has 23 heavy (non-hydrogen) atoms. The second-order valence-electron chi connectivity index (χ2n) is 5.93. The van der Waals surface area contributed by atoms with Crippen LogP contribution in [0.4, 0.5) is 0 Å². The number of unbranched alkanes of at least 4 members (excludes halogenated alkanes) is 10. The van der Waals surface area contributed by atoms with Crippen LogP contribution in [0.15, 0.2) is 0 Å². The summed E-state index contributed by atoms with van der Waals surface area (Å²) in [5, 5.41) is 9.11. The molecule has 3 N–H and O–H groups in total. The maximum Gasteiger partial charge on any atom is 0.291 e. The van der Waals surface area contributed by atoms with Crippen molar-refractivity contribution in [1.82, 2.24) is 0 Å². The summed E-state index contributed by atoms with van der Waals surface area (Å²) < 4.78 is 59.3. The Labute approximate surface area is 140 Å². The van der Waals surface area contributed by atoms with E-state index in [1.54, 1.807) is 0 Å². The van der Waals surface area contributed by atoms with Crippen molar-refractivity contribution >= 4 is 20.2 Å². The quantitative estimate of drug-likeness (QED) is 0.297. The average Bonchev–Trinajstić information content (AvgIpc) is 2.41. The molecule has 1 unspecified atom stereocenters. The van der Waals surface area contributed by atoms with E-state index in [-0.39, 0.29) is 12.2 Å². The first-order valence-corrected chi connectivity index (χ1v) is 11.3. The van der Waals surface area contributed by atoms with Gasteiger partial charge in [0.15, 0.2) is 5.44 Å². The first-order valence-electron chi connectivity index (χ1n) is 8.22. The van der Waals surface area contributed by atoms with E-state index >= 15 is 0 Å². The van der Waals surface area contributed by atoms with Crippen LogP contribution >= 0.6 is 0 Å². The molecule has 0 fully saturated rings. The predicted molar refractivity (Wildman–Crippen MR) is 89.4 cm³/mol. The van der Waals surface area contributed by atoms with E-state index in [1.165, 1.54) is 0 Å². The van der Waals surface area contributed by atoms with Gasteiger partial charge in [0.25, 0.3) is 20.2 Å². The second-order valence-corrected chi connectivity index (χ2v) is 9.08. The monoisotopic (exact) mass is 374 g/mol. The van der Waals surface area contributed by atoms with Gasteiger partial charge < -0.3 is 5.11 Å². The second kappa shape index (κ2) is 12.2. The summed E-state index contributed by atoms with van der Waals surface area (Å²) in [5.41, 5.74) is -1.66. The first-order chi connectivity index (χ1) is 10.6. The van der Waals surface area contributed by atoms with E-state index in [0.29, 0.717) is 12.8 Å². The Morgan fingerprint density at radius 3 is 1.30 bits per heavy atom. The zero-order valence-corrected chi connectivity index (χ0v) is 15.2. The highest BCUT2D eigenvalue weighted by Gasteiger charge is 2.18. The molecule has 0 saturated carbocycles. The van der Waals surface area contributed by atoms with Crippen LogP contribution in [-0.4, -0.2) is 42.2 Å². The molecule has 0 aliphatic heterocycles. The van der Waals surface area contributed by atoms with Crippen molar-refractivity contribution in [1.29, 1.82) is 0 Å². The molecule has 0 rings (SSSR count). The molecule has 9 heteroatoms. The van der Waals surface area contributed by atoms with Gasteiger partial charge in [-0.05, 0) is 19.3 Å². The Bertz CT molecular complexity index is 485. The van der Waals surface area contributed by atoms with Gasteiger partial charge in [-0.25, -0.2) is 0 Å². The molecule has 0 aromatic carbocycles. The van der Waals surface area contributed by atoms with Gasteiger partial charge in [-0.1, -0.05) is 57.8 Å². The molecule has 0 aromatic heterocycles. The third-order valence-electron chi connectivity index (χ3n) is 3.70. The zero-order valence-electron chi connectivity index (χ0n) is 13.6. The fourth-order valence-corrected chi connectivity index (χ4v) is 3.38. The summed E-state index contributed by atoms with van der Waals surface area (Å²) in [7, 11) is -8.13. The molecule has 7 nitrogen and oxygen atoms in total. The van der Waals surface area contributed by atoms with E-state index in [1.807, 2.05) is 0 Å². The third-order valence-corrected chi connectivity index (χ3v) is 5.43. The van der Waals surface area contributed by atoms with Gasteiger partial charge in [0.1, 0.15) is 0 Å². The van der Waals surface area contributed by atoms with Crippen LogP contribution in [0.1, 0.15) is 77.0 Å². The Morgan fingerprint density at radius 2 is 0.957 bits per heavy atom. The molecule has 0 bridgehead atoms. The van der Waals surface area contributed by atoms with E-state index in [4.69, 9.17) is 14.2 Å². The van der Waals surface area contributed by atoms with Crippen LogP contribution in [0.25, 0.3) is 0 Å². The van der Waals surface area contributed by atoms with Crippen molar-refractivity contribution < 1.29 is 31.0 Å². The lowest BCUT2D eigenvalue weighted by Crippen LogP contribution is -2.19. The summed E-state index contributed by atoms with van der Waals surface area (Å²) in [6.45, 7) is 0. The lowest BCUT2D eigenvalue weighted by Gasteiger charge is -2.06. The molecule has 0 heterocycles. The van der Waals surface area contributed by atoms with Crippen molar-refractivity contribution in [3.63, 3.8) is 0 Å². The normalized spacial score (nSPS) is 14.0. The summed E-state index contributed by atoms with van der Waals surface area (Å²) in [6.07, 6.45) is 10.2. The lowest BCUT2D eigenvalue weighted by atomic mass is 10.1. The van der Waals surface area contributed by atoms with Crippen molar-refractivity contribution in [3.8, 4) is 0 Å². The zero-order chi connectivity index (χ0) is 17.8. The highest BCUT2D eigenvalue weighted by atomic mass is 32.2. The lowest BCUT2D eigenvalue weighted by molar-refractivity contribution is 0.219. The summed E-state index contributed by atoms with van der Waals surface area (Å²) in [4.78, 5) is 0. The van der Waals surface area contributed by atoms with Gasteiger partial charge in [-0.3, -0.25) is 9.11 Å². The van der Waals surface area contributed by atoms with Crippen molar-refractivity contribution in [3.05, 3.63) is 0 Å². The molecule has 0 saturated heterocycles. The fourth-order valence-electron chi connectivity index (χ4n) is 2.34. The molecule has 0 aromatic rings. The molecule has 0 radical (unpaired) electrons. The van der Waals surface area contributed by atoms with Crippen LogP contribution in [0.3, 0.4) is 0 Å². The van der Waals surface area contributed by atoms with Crippen LogP contribution in [-0.2, 0) is 20.2 Å². The molecule has 0 aliphatic rings. The van der Waals surface area contributed by atoms with Crippen molar-refractivity contribution in [2.24, 2.45) is 0 Å². The maximum absolute atomic E-state index is 10.6. The van der Waals surface area contributed by atoms with Gasteiger partial charge >= 0.3 is 0 Å². The number of hydrogen-bond donors (Lipinski definition) is 3. The minimum Gasteiger partial charge on any atom is -0.375 e. The summed E-state index contributed by atoms with van der Waals surface area (Å²) >= 11 is 0. The first kappa shape index (κ1) is 22.8. The SMILES string of the molecule is O=S(=O)(O)CCCCCCCCCCCCCC(O)S(=O)(=O)O. The maximum atomic E-state index is 10.6. The van der Waals surface area contributed by atoms with Crippen LogP contribution < -0.4 is 0 Å². The van der Waals surface area contributed by atoms with Gasteiger partial charge in [-0.15, -0.1) is 0 Å². The Kier molecular flexibility index (Phi) is 12.1. The Hall–Kier alpha value is -0.220. The van der Waals surface area contributed by atoms with E-state index in [9.17, 15) is 16.8 Å². The van der Waals surface area contributed by atoms with Crippen LogP contribution in [0.5, 0.6) is 0 Å². The number of aliphatic hydroxyl groups excluding tert-OH is 1. The topological polar surface area (TPSA) is 129 Å². The standard InChI is InChI=1S/C14H30O7S2/c15-14(23(19,20)21)12-10-8-6-4-2-1-3-5-7-9-11-13-22(16,17)18/h14-15H,1-13H2,(H,16,17,18)(H,19,20,21). The molecule has 0 aliphatic carbocycles. The Balaban J connectivity index is 3.25. The van der Waals surface area contributed by atoms with Crippen molar-refractivity contribution in [2.75, 3.05) is 5.75 Å². The van der Waals surface area contributed by atoms with Crippen LogP contribution in [0.2, 0.25) is 0 Å². The van der Waals surface area contributed by atoms with Crippen molar-refractivity contribution in [2.45, 2.75) is 82.5 Å². The summed E-state index contributed by atoms with van der Waals surface area (Å²) in [6, 6.07) is 0. The van der Waals surface area contributed by atoms with Gasteiger partial charge in [0.2, 0.25) is 0 Å². The van der Waals surface area contributed by atoms with Gasteiger partial charge in [0.05, 0.1) is 5.75 Å².